The van der Waals surface area contributed by atoms with Crippen molar-refractivity contribution in [2.24, 2.45) is 0 Å². The SMILES string of the molecule is Cc1ccc(S(=O)(=O)NCC(OC2CCCCC2)c2ccc(Cl)cc2)cc1. The molecule has 1 atom stereocenters. The Balaban J connectivity index is 1.73. The fourth-order valence-corrected chi connectivity index (χ4v) is 4.50. The van der Waals surface area contributed by atoms with E-state index in [1.807, 2.05) is 31.2 Å². The number of nitrogens with one attached hydrogen (secondary N) is 1. The maximum atomic E-state index is 12.6. The number of ether oxygens (including phenoxy) is 1. The van der Waals surface area contributed by atoms with E-state index in [0.717, 1.165) is 36.8 Å². The van der Waals surface area contributed by atoms with Crippen LogP contribution in [0.15, 0.2) is 53.4 Å². The summed E-state index contributed by atoms with van der Waals surface area (Å²) in [5, 5.41) is 0.649. The number of benzene rings is 2. The summed E-state index contributed by atoms with van der Waals surface area (Å²) in [6.45, 7) is 2.12. The third-order valence-corrected chi connectivity index (χ3v) is 6.63. The van der Waals surface area contributed by atoms with Gasteiger partial charge in [-0.1, -0.05) is 60.7 Å². The number of halogens is 1. The lowest BCUT2D eigenvalue weighted by molar-refractivity contribution is -0.0284. The molecule has 0 bridgehead atoms. The van der Waals surface area contributed by atoms with Crippen molar-refractivity contribution in [2.45, 2.75) is 56.1 Å². The van der Waals surface area contributed by atoms with E-state index in [2.05, 4.69) is 4.72 Å². The van der Waals surface area contributed by atoms with Crippen molar-refractivity contribution >= 4 is 21.6 Å². The lowest BCUT2D eigenvalue weighted by Gasteiger charge is -2.28. The zero-order valence-corrected chi connectivity index (χ0v) is 17.1. The van der Waals surface area contributed by atoms with E-state index in [4.69, 9.17) is 16.3 Å². The lowest BCUT2D eigenvalue weighted by atomic mass is 9.97. The molecule has 0 amide bonds. The highest BCUT2D eigenvalue weighted by molar-refractivity contribution is 7.89. The summed E-state index contributed by atoms with van der Waals surface area (Å²) < 4.78 is 34.3. The van der Waals surface area contributed by atoms with Crippen LogP contribution in [0.1, 0.15) is 49.3 Å². The molecule has 2 aromatic rings. The summed E-state index contributed by atoms with van der Waals surface area (Å²) in [5.41, 5.74) is 1.95. The van der Waals surface area contributed by atoms with E-state index in [0.29, 0.717) is 5.02 Å². The van der Waals surface area contributed by atoms with Gasteiger partial charge in [0.05, 0.1) is 17.1 Å². The largest absolute Gasteiger partial charge is 0.369 e. The number of hydrogen-bond acceptors (Lipinski definition) is 3. The molecule has 2 aromatic carbocycles. The van der Waals surface area contributed by atoms with E-state index in [-0.39, 0.29) is 23.6 Å². The summed E-state index contributed by atoms with van der Waals surface area (Å²) in [7, 11) is -3.59. The molecular formula is C21H26ClNO3S. The Morgan fingerprint density at radius 3 is 2.30 bits per heavy atom. The second kappa shape index (κ2) is 9.20. The molecule has 6 heteroatoms. The second-order valence-electron chi connectivity index (χ2n) is 7.10. The Bertz CT molecular complexity index is 829. The van der Waals surface area contributed by atoms with Crippen molar-refractivity contribution in [3.63, 3.8) is 0 Å². The van der Waals surface area contributed by atoms with Crippen LogP contribution >= 0.6 is 11.6 Å². The van der Waals surface area contributed by atoms with Gasteiger partial charge in [0.25, 0.3) is 0 Å². The molecule has 0 spiro atoms. The van der Waals surface area contributed by atoms with Crippen molar-refractivity contribution < 1.29 is 13.2 Å². The minimum absolute atomic E-state index is 0.170. The summed E-state index contributed by atoms with van der Waals surface area (Å²) in [4.78, 5) is 0.264. The normalized spacial score (nSPS) is 17.0. The first-order valence-corrected chi connectivity index (χ1v) is 11.3. The predicted octanol–water partition coefficient (Wildman–Crippen LogP) is 5.02. The molecule has 0 radical (unpaired) electrons. The molecule has 1 unspecified atom stereocenters. The van der Waals surface area contributed by atoms with E-state index < -0.39 is 10.0 Å². The minimum atomic E-state index is -3.59. The van der Waals surface area contributed by atoms with Crippen molar-refractivity contribution in [3.05, 3.63) is 64.7 Å². The smallest absolute Gasteiger partial charge is 0.240 e. The molecule has 0 aliphatic heterocycles. The van der Waals surface area contributed by atoms with Gasteiger partial charge in [0.2, 0.25) is 10.0 Å². The third kappa shape index (κ3) is 5.79. The first-order valence-electron chi connectivity index (χ1n) is 9.41. The highest BCUT2D eigenvalue weighted by Gasteiger charge is 2.23. The van der Waals surface area contributed by atoms with Crippen LogP contribution in [-0.4, -0.2) is 21.1 Å². The average molecular weight is 408 g/mol. The molecule has 0 saturated heterocycles. The van der Waals surface area contributed by atoms with Crippen LogP contribution in [0.5, 0.6) is 0 Å². The van der Waals surface area contributed by atoms with Crippen molar-refractivity contribution in [1.29, 1.82) is 0 Å². The first-order chi connectivity index (χ1) is 12.9. The third-order valence-electron chi connectivity index (χ3n) is 4.94. The molecule has 1 fully saturated rings. The van der Waals surface area contributed by atoms with Crippen LogP contribution in [0.3, 0.4) is 0 Å². The van der Waals surface area contributed by atoms with Gasteiger partial charge in [0.1, 0.15) is 0 Å². The topological polar surface area (TPSA) is 55.4 Å². The van der Waals surface area contributed by atoms with E-state index >= 15 is 0 Å². The summed E-state index contributed by atoms with van der Waals surface area (Å²) in [5.74, 6) is 0. The molecule has 1 aliphatic carbocycles. The van der Waals surface area contributed by atoms with Gasteiger partial charge >= 0.3 is 0 Å². The maximum absolute atomic E-state index is 12.6. The highest BCUT2D eigenvalue weighted by atomic mass is 35.5. The molecule has 1 saturated carbocycles. The Morgan fingerprint density at radius 2 is 1.67 bits per heavy atom. The number of hydrogen-bond donors (Lipinski definition) is 1. The van der Waals surface area contributed by atoms with Gasteiger partial charge < -0.3 is 4.74 Å². The Hall–Kier alpha value is -1.40. The molecular weight excluding hydrogens is 382 g/mol. The van der Waals surface area contributed by atoms with E-state index in [1.165, 1.54) is 6.42 Å². The van der Waals surface area contributed by atoms with Crippen LogP contribution in [0.25, 0.3) is 0 Å². The van der Waals surface area contributed by atoms with E-state index in [1.54, 1.807) is 24.3 Å². The quantitative estimate of drug-likeness (QED) is 0.701. The molecule has 146 valence electrons. The van der Waals surface area contributed by atoms with Gasteiger partial charge in [-0.05, 0) is 49.6 Å². The number of sulfonamides is 1. The molecule has 4 nitrogen and oxygen atoms in total. The lowest BCUT2D eigenvalue weighted by Crippen LogP contribution is -2.32. The zero-order valence-electron chi connectivity index (χ0n) is 15.5. The second-order valence-corrected chi connectivity index (χ2v) is 9.30. The molecule has 0 heterocycles. The Morgan fingerprint density at radius 1 is 1.04 bits per heavy atom. The Kier molecular flexibility index (Phi) is 6.93. The fraction of sp³-hybridized carbons (Fsp3) is 0.429. The monoisotopic (exact) mass is 407 g/mol. The van der Waals surface area contributed by atoms with Gasteiger partial charge in [-0.3, -0.25) is 0 Å². The van der Waals surface area contributed by atoms with Crippen LogP contribution in [0, 0.1) is 6.92 Å². The van der Waals surface area contributed by atoms with E-state index in [9.17, 15) is 8.42 Å². The predicted molar refractivity (Wildman–Crippen MR) is 109 cm³/mol. The molecule has 0 aromatic heterocycles. The molecule has 1 aliphatic rings. The highest BCUT2D eigenvalue weighted by Crippen LogP contribution is 2.28. The Labute approximate surface area is 166 Å². The summed E-state index contributed by atoms with van der Waals surface area (Å²) >= 11 is 6.00. The number of rotatable bonds is 7. The zero-order chi connectivity index (χ0) is 19.3. The van der Waals surface area contributed by atoms with Gasteiger partial charge in [-0.15, -0.1) is 0 Å². The van der Waals surface area contributed by atoms with Crippen LogP contribution in [0.2, 0.25) is 5.02 Å². The first kappa shape index (κ1) is 20.3. The number of aryl methyl sites for hydroxylation is 1. The van der Waals surface area contributed by atoms with Crippen LogP contribution < -0.4 is 4.72 Å². The fourth-order valence-electron chi connectivity index (χ4n) is 3.34. The van der Waals surface area contributed by atoms with Gasteiger partial charge in [-0.25, -0.2) is 13.1 Å². The molecule has 1 N–H and O–H groups in total. The van der Waals surface area contributed by atoms with Crippen molar-refractivity contribution in [2.75, 3.05) is 6.54 Å². The molecule has 3 rings (SSSR count). The summed E-state index contributed by atoms with van der Waals surface area (Å²) in [6, 6.07) is 14.2. The average Bonchev–Trinajstić information content (AvgIpc) is 2.67. The van der Waals surface area contributed by atoms with Crippen LogP contribution in [-0.2, 0) is 14.8 Å². The standard InChI is InChI=1S/C21H26ClNO3S/c1-16-7-13-20(14-8-16)27(24,25)23-15-21(17-9-11-18(22)12-10-17)26-19-5-3-2-4-6-19/h7-14,19,21,23H,2-6,15H2,1H3. The summed E-state index contributed by atoms with van der Waals surface area (Å²) in [6.07, 6.45) is 5.43. The van der Waals surface area contributed by atoms with Crippen molar-refractivity contribution in [1.82, 2.24) is 4.72 Å². The van der Waals surface area contributed by atoms with Crippen molar-refractivity contribution in [3.8, 4) is 0 Å². The van der Waals surface area contributed by atoms with Gasteiger partial charge in [-0.2, -0.15) is 0 Å². The van der Waals surface area contributed by atoms with Gasteiger partial charge in [0, 0.05) is 11.6 Å². The van der Waals surface area contributed by atoms with Crippen LogP contribution in [0.4, 0.5) is 0 Å². The van der Waals surface area contributed by atoms with Gasteiger partial charge in [0.15, 0.2) is 0 Å². The maximum Gasteiger partial charge on any atom is 0.240 e. The minimum Gasteiger partial charge on any atom is -0.369 e. The molecule has 27 heavy (non-hydrogen) atoms.